The lowest BCUT2D eigenvalue weighted by molar-refractivity contribution is 0.0478. The zero-order valence-electron chi connectivity index (χ0n) is 11.0. The first-order valence-corrected chi connectivity index (χ1v) is 6.34. The summed E-state index contributed by atoms with van der Waals surface area (Å²) < 4.78 is 10.8. The highest BCUT2D eigenvalue weighted by atomic mass is 16.5. The Morgan fingerprint density at radius 3 is 2.89 bits per heavy atom. The summed E-state index contributed by atoms with van der Waals surface area (Å²) >= 11 is 0. The summed E-state index contributed by atoms with van der Waals surface area (Å²) in [5, 5.41) is 13.3. The molecule has 1 N–H and O–H groups in total. The van der Waals surface area contributed by atoms with Crippen LogP contribution in [0.25, 0.3) is 11.5 Å². The molecule has 0 spiro atoms. The molecule has 1 unspecified atom stereocenters. The molecule has 19 heavy (non-hydrogen) atoms. The molecule has 0 amide bonds. The molecule has 2 heterocycles. The number of hydrogen-bond acceptors (Lipinski definition) is 6. The molecule has 0 aliphatic carbocycles. The lowest BCUT2D eigenvalue weighted by Gasteiger charge is -2.11. The summed E-state index contributed by atoms with van der Waals surface area (Å²) in [7, 11) is 0. The maximum atomic E-state index is 9.38. The number of nitrogens with zero attached hydrogens (tertiary/aromatic N) is 3. The SMILES string of the molecule is CCCC(OCC)c1noc(-c2cncc(O)c2)n1. The van der Waals surface area contributed by atoms with Crippen LogP contribution in [0, 0.1) is 0 Å². The first kappa shape index (κ1) is 13.5. The summed E-state index contributed by atoms with van der Waals surface area (Å²) in [6, 6.07) is 1.53. The molecule has 2 rings (SSSR count). The van der Waals surface area contributed by atoms with Gasteiger partial charge < -0.3 is 14.4 Å². The summed E-state index contributed by atoms with van der Waals surface area (Å²) in [4.78, 5) is 8.18. The van der Waals surface area contributed by atoms with Crippen molar-refractivity contribution in [3.63, 3.8) is 0 Å². The first-order valence-electron chi connectivity index (χ1n) is 6.34. The zero-order chi connectivity index (χ0) is 13.7. The molecular formula is C13H17N3O3. The van der Waals surface area contributed by atoms with Gasteiger partial charge in [0.1, 0.15) is 11.9 Å². The van der Waals surface area contributed by atoms with Crippen molar-refractivity contribution in [1.29, 1.82) is 0 Å². The van der Waals surface area contributed by atoms with Crippen molar-refractivity contribution in [2.45, 2.75) is 32.8 Å². The predicted octanol–water partition coefficient (Wildman–Crippen LogP) is 2.71. The third kappa shape index (κ3) is 3.29. The van der Waals surface area contributed by atoms with Gasteiger partial charge >= 0.3 is 0 Å². The summed E-state index contributed by atoms with van der Waals surface area (Å²) in [5.74, 6) is 0.924. The van der Waals surface area contributed by atoms with E-state index in [2.05, 4.69) is 22.0 Å². The predicted molar refractivity (Wildman–Crippen MR) is 68.5 cm³/mol. The fraction of sp³-hybridized carbons (Fsp3) is 0.462. The molecule has 2 aromatic rings. The minimum atomic E-state index is -0.155. The third-order valence-electron chi connectivity index (χ3n) is 2.62. The van der Waals surface area contributed by atoms with Crippen LogP contribution in [0.3, 0.4) is 0 Å². The maximum Gasteiger partial charge on any atom is 0.259 e. The van der Waals surface area contributed by atoms with Gasteiger partial charge in [0.25, 0.3) is 5.89 Å². The van der Waals surface area contributed by atoms with E-state index in [4.69, 9.17) is 9.26 Å². The van der Waals surface area contributed by atoms with Crippen molar-refractivity contribution < 1.29 is 14.4 Å². The van der Waals surface area contributed by atoms with Crippen molar-refractivity contribution in [3.8, 4) is 17.2 Å². The van der Waals surface area contributed by atoms with Gasteiger partial charge in [-0.3, -0.25) is 4.98 Å². The van der Waals surface area contributed by atoms with Crippen LogP contribution in [0.2, 0.25) is 0 Å². The molecule has 0 saturated carbocycles. The highest BCUT2D eigenvalue weighted by molar-refractivity contribution is 5.53. The smallest absolute Gasteiger partial charge is 0.259 e. The average Bonchev–Trinajstić information content (AvgIpc) is 2.88. The van der Waals surface area contributed by atoms with Gasteiger partial charge in [0, 0.05) is 12.8 Å². The van der Waals surface area contributed by atoms with E-state index in [0.29, 0.717) is 23.9 Å². The second-order valence-corrected chi connectivity index (χ2v) is 4.12. The Balaban J connectivity index is 2.22. The molecule has 6 heteroatoms. The van der Waals surface area contributed by atoms with E-state index in [1.807, 2.05) is 6.92 Å². The van der Waals surface area contributed by atoms with Crippen LogP contribution in [-0.4, -0.2) is 26.8 Å². The third-order valence-corrected chi connectivity index (χ3v) is 2.62. The number of pyridine rings is 1. The Labute approximate surface area is 111 Å². The van der Waals surface area contributed by atoms with Crippen LogP contribution in [0.1, 0.15) is 38.6 Å². The molecule has 102 valence electrons. The summed E-state index contributed by atoms with van der Waals surface area (Å²) in [6.07, 6.45) is 4.57. The first-order chi connectivity index (χ1) is 9.24. The minimum Gasteiger partial charge on any atom is -0.506 e. The van der Waals surface area contributed by atoms with E-state index >= 15 is 0 Å². The van der Waals surface area contributed by atoms with Crippen LogP contribution >= 0.6 is 0 Å². The van der Waals surface area contributed by atoms with E-state index in [1.165, 1.54) is 12.3 Å². The van der Waals surface area contributed by atoms with Crippen LogP contribution in [0.5, 0.6) is 5.75 Å². The average molecular weight is 263 g/mol. The van der Waals surface area contributed by atoms with E-state index in [0.717, 1.165) is 12.8 Å². The number of ether oxygens (including phenoxy) is 1. The van der Waals surface area contributed by atoms with E-state index in [1.54, 1.807) is 6.20 Å². The van der Waals surface area contributed by atoms with Crippen molar-refractivity contribution in [1.82, 2.24) is 15.1 Å². The molecule has 6 nitrogen and oxygen atoms in total. The van der Waals surface area contributed by atoms with Crippen LogP contribution in [0.4, 0.5) is 0 Å². The minimum absolute atomic E-state index is 0.0622. The molecule has 1 atom stereocenters. The van der Waals surface area contributed by atoms with Crippen LogP contribution in [-0.2, 0) is 4.74 Å². The zero-order valence-corrected chi connectivity index (χ0v) is 11.0. The van der Waals surface area contributed by atoms with Crippen LogP contribution in [0.15, 0.2) is 23.0 Å². The fourth-order valence-electron chi connectivity index (χ4n) is 1.78. The monoisotopic (exact) mass is 263 g/mol. The largest absolute Gasteiger partial charge is 0.506 e. The van der Waals surface area contributed by atoms with Gasteiger partial charge in [-0.2, -0.15) is 4.98 Å². The molecule has 0 saturated heterocycles. The van der Waals surface area contributed by atoms with Gasteiger partial charge in [-0.1, -0.05) is 18.5 Å². The number of hydrogen-bond donors (Lipinski definition) is 1. The van der Waals surface area contributed by atoms with Gasteiger partial charge in [-0.05, 0) is 19.4 Å². The molecule has 0 aliphatic rings. The Kier molecular flexibility index (Phi) is 4.46. The van der Waals surface area contributed by atoms with Crippen molar-refractivity contribution in [2.75, 3.05) is 6.61 Å². The quantitative estimate of drug-likeness (QED) is 0.863. The molecule has 0 aromatic carbocycles. The summed E-state index contributed by atoms with van der Waals surface area (Å²) in [5.41, 5.74) is 0.588. The lowest BCUT2D eigenvalue weighted by Crippen LogP contribution is -2.05. The lowest BCUT2D eigenvalue weighted by atomic mass is 10.2. The normalized spacial score (nSPS) is 12.5. The Hall–Kier alpha value is -1.95. The van der Waals surface area contributed by atoms with Crippen molar-refractivity contribution >= 4 is 0 Å². The van der Waals surface area contributed by atoms with Gasteiger partial charge in [-0.15, -0.1) is 0 Å². The molecular weight excluding hydrogens is 246 g/mol. The molecule has 0 radical (unpaired) electrons. The maximum absolute atomic E-state index is 9.38. The highest BCUT2D eigenvalue weighted by Crippen LogP contribution is 2.25. The second kappa shape index (κ2) is 6.29. The van der Waals surface area contributed by atoms with Crippen molar-refractivity contribution in [3.05, 3.63) is 24.3 Å². The van der Waals surface area contributed by atoms with Gasteiger partial charge in [0.15, 0.2) is 0 Å². The highest BCUT2D eigenvalue weighted by Gasteiger charge is 2.18. The number of aromatic nitrogens is 3. The molecule has 0 bridgehead atoms. The van der Waals surface area contributed by atoms with Gasteiger partial charge in [-0.25, -0.2) is 0 Å². The van der Waals surface area contributed by atoms with Crippen LogP contribution < -0.4 is 0 Å². The summed E-state index contributed by atoms with van der Waals surface area (Å²) in [6.45, 7) is 4.61. The van der Waals surface area contributed by atoms with Gasteiger partial charge in [0.05, 0.1) is 11.8 Å². The van der Waals surface area contributed by atoms with Crippen molar-refractivity contribution in [2.24, 2.45) is 0 Å². The Bertz CT molecular complexity index is 521. The molecule has 0 fully saturated rings. The molecule has 0 aliphatic heterocycles. The standard InChI is InChI=1S/C13H17N3O3/c1-3-5-11(18-4-2)12-15-13(19-16-12)9-6-10(17)8-14-7-9/h6-8,11,17H,3-5H2,1-2H3. The molecule has 2 aromatic heterocycles. The topological polar surface area (TPSA) is 81.3 Å². The van der Waals surface area contributed by atoms with Gasteiger partial charge in [0.2, 0.25) is 5.82 Å². The Morgan fingerprint density at radius 2 is 2.21 bits per heavy atom. The number of aromatic hydroxyl groups is 1. The fourth-order valence-corrected chi connectivity index (χ4v) is 1.78. The second-order valence-electron chi connectivity index (χ2n) is 4.12. The Morgan fingerprint density at radius 1 is 1.37 bits per heavy atom. The van der Waals surface area contributed by atoms with E-state index in [9.17, 15) is 5.11 Å². The van der Waals surface area contributed by atoms with E-state index < -0.39 is 0 Å². The number of rotatable bonds is 6. The van der Waals surface area contributed by atoms with E-state index in [-0.39, 0.29) is 11.9 Å².